The molecule has 0 radical (unpaired) electrons. The SMILES string of the molecule is CC(C)N[Si](I)(I)NC(C)C. The molecular formula is C6H16I2N2Si. The zero-order chi connectivity index (χ0) is 9.07. The first-order valence-corrected chi connectivity index (χ1v) is 12.0. The Morgan fingerprint density at radius 1 is 0.909 bits per heavy atom. The number of hydrogen-bond acceptors (Lipinski definition) is 2. The number of hydrogen-bond donors (Lipinski definition) is 2. The summed E-state index contributed by atoms with van der Waals surface area (Å²) in [6, 6.07) is 1.14. The van der Waals surface area contributed by atoms with Gasteiger partial charge in [-0.15, -0.1) is 0 Å². The van der Waals surface area contributed by atoms with Crippen molar-refractivity contribution in [1.29, 1.82) is 0 Å². The number of rotatable bonds is 4. The average Bonchev–Trinajstić information content (AvgIpc) is 1.53. The Morgan fingerprint density at radius 3 is 1.36 bits per heavy atom. The van der Waals surface area contributed by atoms with Crippen molar-refractivity contribution in [2.45, 2.75) is 39.8 Å². The van der Waals surface area contributed by atoms with Crippen LogP contribution in [-0.4, -0.2) is 15.5 Å². The van der Waals surface area contributed by atoms with Gasteiger partial charge in [-0.25, -0.2) is 0 Å². The van der Waals surface area contributed by atoms with Crippen molar-refractivity contribution < 1.29 is 0 Å². The van der Waals surface area contributed by atoms with Crippen molar-refractivity contribution in [3.05, 3.63) is 0 Å². The van der Waals surface area contributed by atoms with E-state index in [1.54, 1.807) is 0 Å². The third-order valence-corrected chi connectivity index (χ3v) is 6.56. The highest BCUT2D eigenvalue weighted by Gasteiger charge is 2.27. The third kappa shape index (κ3) is 7.94. The first-order valence-electron chi connectivity index (χ1n) is 3.76. The molecule has 2 N–H and O–H groups in total. The summed E-state index contributed by atoms with van der Waals surface area (Å²) in [5.41, 5.74) is 0. The van der Waals surface area contributed by atoms with Crippen LogP contribution in [0, 0.1) is 0 Å². The van der Waals surface area contributed by atoms with Gasteiger partial charge in [-0.1, -0.05) is 71.3 Å². The van der Waals surface area contributed by atoms with E-state index in [4.69, 9.17) is 0 Å². The highest BCUT2D eigenvalue weighted by molar-refractivity contribution is 14.3. The second kappa shape index (κ2) is 5.35. The number of nitrogens with one attached hydrogen (secondary N) is 2. The maximum Gasteiger partial charge on any atom is 0.338 e. The fourth-order valence-electron chi connectivity index (χ4n) is 0.767. The predicted octanol–water partition coefficient (Wildman–Crippen LogP) is 2.29. The minimum atomic E-state index is -1.39. The zero-order valence-corrected chi connectivity index (χ0v) is 12.7. The molecule has 0 saturated carbocycles. The second-order valence-corrected chi connectivity index (χ2v) is 20.8. The highest BCUT2D eigenvalue weighted by Crippen LogP contribution is 2.15. The summed E-state index contributed by atoms with van der Waals surface area (Å²) < 4.78 is -1.39. The molecule has 0 bridgehead atoms. The molecule has 0 aromatic carbocycles. The number of halogens is 2. The van der Waals surface area contributed by atoms with E-state index in [0.717, 1.165) is 0 Å². The van der Waals surface area contributed by atoms with Gasteiger partial charge in [0, 0.05) is 0 Å². The van der Waals surface area contributed by atoms with Crippen molar-refractivity contribution in [1.82, 2.24) is 9.96 Å². The van der Waals surface area contributed by atoms with Crippen molar-refractivity contribution in [2.75, 3.05) is 0 Å². The Hall–Kier alpha value is 1.60. The molecule has 0 saturated heterocycles. The standard InChI is InChI=1S/C6H16I2N2Si/c1-5(2)9-11(7,8)10-6(3)4/h5-6,9-10H,1-4H3. The van der Waals surface area contributed by atoms with Crippen molar-refractivity contribution in [2.24, 2.45) is 0 Å². The molecule has 0 amide bonds. The van der Waals surface area contributed by atoms with E-state index in [1.807, 2.05) is 0 Å². The van der Waals surface area contributed by atoms with Crippen LogP contribution < -0.4 is 9.96 Å². The second-order valence-electron chi connectivity index (χ2n) is 3.17. The normalized spacial score (nSPS) is 13.1. The molecule has 0 aromatic rings. The third-order valence-electron chi connectivity index (χ3n) is 0.940. The molecule has 0 unspecified atom stereocenters. The lowest BCUT2D eigenvalue weighted by molar-refractivity contribution is 0.695. The predicted molar refractivity (Wildman–Crippen MR) is 70.3 cm³/mol. The Morgan fingerprint density at radius 2 is 1.18 bits per heavy atom. The van der Waals surface area contributed by atoms with Gasteiger partial charge < -0.3 is 9.96 Å². The van der Waals surface area contributed by atoms with Crippen LogP contribution in [0.2, 0.25) is 0 Å². The highest BCUT2D eigenvalue weighted by atomic mass is 127. The Kier molecular flexibility index (Phi) is 6.13. The van der Waals surface area contributed by atoms with E-state index in [2.05, 4.69) is 81.3 Å². The van der Waals surface area contributed by atoms with Gasteiger partial charge in [0.25, 0.3) is 0 Å². The summed E-state index contributed by atoms with van der Waals surface area (Å²) in [6.45, 7) is 8.73. The van der Waals surface area contributed by atoms with E-state index in [0.29, 0.717) is 12.1 Å². The van der Waals surface area contributed by atoms with Gasteiger partial charge in [-0.3, -0.25) is 0 Å². The summed E-state index contributed by atoms with van der Waals surface area (Å²) in [4.78, 5) is 7.10. The molecule has 0 aliphatic heterocycles. The van der Waals surface area contributed by atoms with Gasteiger partial charge in [0.05, 0.1) is 0 Å². The Labute approximate surface area is 95.9 Å². The molecule has 68 valence electrons. The van der Waals surface area contributed by atoms with Crippen LogP contribution in [0.25, 0.3) is 0 Å². The molecule has 0 spiro atoms. The average molecular weight is 398 g/mol. The quantitative estimate of drug-likeness (QED) is 0.432. The molecular weight excluding hydrogens is 382 g/mol. The molecule has 0 rings (SSSR count). The molecule has 0 aromatic heterocycles. The lowest BCUT2D eigenvalue weighted by Crippen LogP contribution is -2.57. The first-order chi connectivity index (χ1) is 4.83. The van der Waals surface area contributed by atoms with Crippen LogP contribution in [0.15, 0.2) is 0 Å². The van der Waals surface area contributed by atoms with Crippen molar-refractivity contribution in [3.8, 4) is 0 Å². The zero-order valence-electron chi connectivity index (χ0n) is 7.41. The van der Waals surface area contributed by atoms with E-state index >= 15 is 0 Å². The van der Waals surface area contributed by atoms with Crippen LogP contribution in [0.1, 0.15) is 27.7 Å². The molecule has 2 nitrogen and oxygen atoms in total. The van der Waals surface area contributed by atoms with Gasteiger partial charge in [-0.2, -0.15) is 0 Å². The summed E-state index contributed by atoms with van der Waals surface area (Å²) in [5.74, 6) is 0. The van der Waals surface area contributed by atoms with Crippen LogP contribution in [-0.2, 0) is 0 Å². The van der Waals surface area contributed by atoms with Crippen LogP contribution in [0.5, 0.6) is 0 Å². The van der Waals surface area contributed by atoms with Crippen molar-refractivity contribution >= 4 is 47.0 Å². The minimum Gasteiger partial charge on any atom is -0.307 e. The van der Waals surface area contributed by atoms with E-state index in [-0.39, 0.29) is 0 Å². The molecule has 0 fully saturated rings. The van der Waals surface area contributed by atoms with Gasteiger partial charge in [0.2, 0.25) is 0 Å². The maximum absolute atomic E-state index is 3.55. The fraction of sp³-hybridized carbons (Fsp3) is 1.00. The van der Waals surface area contributed by atoms with Crippen LogP contribution in [0.4, 0.5) is 0 Å². The summed E-state index contributed by atoms with van der Waals surface area (Å²) >= 11 is 5.02. The molecule has 5 heteroatoms. The van der Waals surface area contributed by atoms with Crippen LogP contribution >= 0.6 is 43.6 Å². The fourth-order valence-corrected chi connectivity index (χ4v) is 9.77. The lowest BCUT2D eigenvalue weighted by atomic mass is 10.4. The Bertz CT molecular complexity index is 105. The van der Waals surface area contributed by atoms with Gasteiger partial charge in [0.15, 0.2) is 0 Å². The molecule has 0 aliphatic carbocycles. The van der Waals surface area contributed by atoms with E-state index in [1.165, 1.54) is 0 Å². The van der Waals surface area contributed by atoms with E-state index in [9.17, 15) is 0 Å². The van der Waals surface area contributed by atoms with Crippen LogP contribution in [0.3, 0.4) is 0 Å². The Balaban J connectivity index is 3.79. The molecule has 0 atom stereocenters. The largest absolute Gasteiger partial charge is 0.338 e. The molecule has 11 heavy (non-hydrogen) atoms. The van der Waals surface area contributed by atoms with Gasteiger partial charge >= 0.3 is 3.39 Å². The minimum absolute atomic E-state index is 0.571. The molecule has 0 heterocycles. The summed E-state index contributed by atoms with van der Waals surface area (Å²) in [7, 11) is 0. The van der Waals surface area contributed by atoms with Gasteiger partial charge in [-0.05, 0) is 12.1 Å². The van der Waals surface area contributed by atoms with E-state index < -0.39 is 3.39 Å². The summed E-state index contributed by atoms with van der Waals surface area (Å²) in [6.07, 6.45) is 0. The molecule has 0 aliphatic rings. The lowest BCUT2D eigenvalue weighted by Gasteiger charge is -2.25. The topological polar surface area (TPSA) is 24.1 Å². The van der Waals surface area contributed by atoms with Crippen molar-refractivity contribution in [3.63, 3.8) is 0 Å². The smallest absolute Gasteiger partial charge is 0.307 e. The maximum atomic E-state index is 3.55. The first kappa shape index (κ1) is 12.6. The summed E-state index contributed by atoms with van der Waals surface area (Å²) in [5, 5.41) is 0. The van der Waals surface area contributed by atoms with Gasteiger partial charge in [0.1, 0.15) is 0 Å². The monoisotopic (exact) mass is 398 g/mol.